The molecule has 0 spiro atoms. The Bertz CT molecular complexity index is 4900. The van der Waals surface area contributed by atoms with Crippen molar-refractivity contribution >= 4 is 135 Å². The molecule has 0 radical (unpaired) electrons. The first-order valence-corrected chi connectivity index (χ1v) is 46.2. The van der Waals surface area contributed by atoms with E-state index in [2.05, 4.69) is 111 Å². The van der Waals surface area contributed by atoms with Crippen LogP contribution in [0.5, 0.6) is 5.75 Å². The number of H-pyrrole nitrogens is 2. The molecule has 0 unspecified atom stereocenters. The number of guanidine groups is 3. The van der Waals surface area contributed by atoms with Gasteiger partial charge < -0.3 is 155 Å². The summed E-state index contributed by atoms with van der Waals surface area (Å²) in [6.07, 6.45) is -0.852. The van der Waals surface area contributed by atoms with Gasteiger partial charge in [-0.2, -0.15) is 0 Å². The number of carbonyl (C=O) groups is 18. The molecule has 2 heterocycles. The van der Waals surface area contributed by atoms with Crippen LogP contribution in [0.2, 0.25) is 0 Å². The second-order valence-electron chi connectivity index (χ2n) is 35.2. The Kier molecular flexibility index (Phi) is 49.8. The molecule has 0 bridgehead atoms. The molecule has 774 valence electrons. The summed E-state index contributed by atoms with van der Waals surface area (Å²) in [6.45, 7) is 15.9. The van der Waals surface area contributed by atoms with Crippen LogP contribution in [-0.4, -0.2) is 277 Å². The molecular weight excluding hydrogens is 1830 g/mol. The fourth-order valence-corrected chi connectivity index (χ4v) is 14.5. The fraction of sp³-hybridized carbons (Fsp3) is 0.573. The van der Waals surface area contributed by atoms with Gasteiger partial charge in [0.15, 0.2) is 17.9 Å². The third-order valence-corrected chi connectivity index (χ3v) is 22.5. The number of carbonyl (C=O) groups excluding carboxylic acids is 18. The minimum Gasteiger partial charge on any atom is -0.508 e. The number of benzene rings is 2. The Hall–Kier alpha value is -14.8. The third kappa shape index (κ3) is 41.6. The van der Waals surface area contributed by atoms with E-state index in [1.54, 1.807) is 85.9 Å². The summed E-state index contributed by atoms with van der Waals surface area (Å²) in [7, 11) is 0. The average Bonchev–Trinajstić information content (AvgIpc) is 1.67. The molecule has 0 aliphatic rings. The predicted molar refractivity (Wildman–Crippen MR) is 512 cm³/mol. The predicted octanol–water partition coefficient (Wildman–Crippen LogP) is -7.09. The van der Waals surface area contributed by atoms with E-state index in [0.717, 1.165) is 13.8 Å². The zero-order valence-corrected chi connectivity index (χ0v) is 80.6. The van der Waals surface area contributed by atoms with Crippen molar-refractivity contribution in [2.45, 2.75) is 276 Å². The van der Waals surface area contributed by atoms with E-state index in [-0.39, 0.29) is 120 Å². The zero-order valence-electron chi connectivity index (χ0n) is 80.6. The highest BCUT2D eigenvalue weighted by atomic mass is 16.3. The molecule has 0 saturated carbocycles. The highest BCUT2D eigenvalue weighted by Gasteiger charge is 2.42. The number of para-hydroxylation sites is 1. The number of imidazole rings is 1. The number of hydrogen-bond acceptors (Lipinski definition) is 25. The number of rotatable bonds is 63. The van der Waals surface area contributed by atoms with Crippen molar-refractivity contribution in [3.63, 3.8) is 0 Å². The molecule has 51 heteroatoms. The van der Waals surface area contributed by atoms with Gasteiger partial charge in [-0.15, -0.1) is 0 Å². The number of phenolic OH excluding ortho intramolecular Hbond substituents is 1. The van der Waals surface area contributed by atoms with Crippen LogP contribution in [0, 0.1) is 39.9 Å². The molecule has 18 amide bonds. The van der Waals surface area contributed by atoms with Gasteiger partial charge >= 0.3 is 0 Å². The number of aliphatic hydroxyl groups is 2. The number of primary amides is 3. The van der Waals surface area contributed by atoms with E-state index in [9.17, 15) is 87.2 Å². The SMILES string of the molecule is CC[C@H](C)[C@H](NC(=O)[C@H](Cc1c[nH]c2ccccc12)NC(=O)[C@H](Cc1cnc[nH]1)NC(=O)[C@H](CCCNC(=N)N)NC(=O)[C@H](CC(C)C)NC(=O)[C@H](C)NC(=O)[C@H](CO)NC(C)=O)C(=O)N[C@@H](CC(N)=O)C(=O)N[C@@H](CC(C)C)C(=O)N[C@H](C(=O)N[C@H](C(=O)N[C@@H](CCCNC(=N)N)C(=O)N[C@@H](CCC(N)=O)C(=O)N[C@@H](CCCNC(=N)N)C(=O)N[C@@H](Cc1ccc(O)cc1)C(N)=O)[C@@H](C)O)[C@@H](C)CC. The maximum absolute atomic E-state index is 15.4. The van der Waals surface area contributed by atoms with Crippen molar-refractivity contribution in [3.05, 3.63) is 84.1 Å². The van der Waals surface area contributed by atoms with Gasteiger partial charge in [-0.1, -0.05) is 98.6 Å². The van der Waals surface area contributed by atoms with E-state index in [1.165, 1.54) is 43.7 Å². The normalized spacial score (nSPS) is 15.0. The molecule has 0 aliphatic carbocycles. The smallest absolute Gasteiger partial charge is 0.245 e. The first kappa shape index (κ1) is 117. The van der Waals surface area contributed by atoms with Crippen LogP contribution < -0.4 is 130 Å². The Morgan fingerprint density at radius 3 is 1.23 bits per heavy atom. The third-order valence-electron chi connectivity index (χ3n) is 22.5. The minimum atomic E-state index is -1.96. The van der Waals surface area contributed by atoms with E-state index in [1.807, 2.05) is 0 Å². The molecule has 2 aromatic carbocycles. The van der Waals surface area contributed by atoms with Crippen LogP contribution in [0.4, 0.5) is 0 Å². The van der Waals surface area contributed by atoms with Gasteiger partial charge in [0.2, 0.25) is 106 Å². The molecule has 4 aromatic rings. The van der Waals surface area contributed by atoms with E-state index >= 15 is 14.4 Å². The summed E-state index contributed by atoms with van der Waals surface area (Å²) in [6, 6.07) is -11.3. The summed E-state index contributed by atoms with van der Waals surface area (Å²) >= 11 is 0. The molecule has 18 atom stereocenters. The Balaban J connectivity index is 1.68. The lowest BCUT2D eigenvalue weighted by Gasteiger charge is -2.31. The lowest BCUT2D eigenvalue weighted by molar-refractivity contribution is -0.138. The molecule has 0 fully saturated rings. The molecule has 51 nitrogen and oxygen atoms in total. The van der Waals surface area contributed by atoms with Crippen molar-refractivity contribution in [3.8, 4) is 5.75 Å². The number of aromatic amines is 2. The number of amides is 18. The van der Waals surface area contributed by atoms with Gasteiger partial charge in [0.1, 0.15) is 96.4 Å². The fourth-order valence-electron chi connectivity index (χ4n) is 14.5. The number of aliphatic hydroxyl groups excluding tert-OH is 2. The number of phenols is 1. The summed E-state index contributed by atoms with van der Waals surface area (Å²) in [4.78, 5) is 264. The Morgan fingerprint density at radius 2 is 0.793 bits per heavy atom. The van der Waals surface area contributed by atoms with Gasteiger partial charge in [0, 0.05) is 81.2 Å². The van der Waals surface area contributed by atoms with Crippen molar-refractivity contribution < 1.29 is 102 Å². The lowest BCUT2D eigenvalue weighted by Crippen LogP contribution is -2.63. The summed E-state index contributed by atoms with van der Waals surface area (Å²) in [5, 5.41) is 100. The van der Waals surface area contributed by atoms with Crippen molar-refractivity contribution in [2.24, 2.45) is 58.1 Å². The highest BCUT2D eigenvalue weighted by molar-refractivity contribution is 6.02. The Morgan fingerprint density at radius 1 is 0.407 bits per heavy atom. The first-order chi connectivity index (χ1) is 65.9. The van der Waals surface area contributed by atoms with Gasteiger partial charge in [-0.3, -0.25) is 103 Å². The number of nitrogens with zero attached hydrogens (tertiary/aromatic N) is 1. The van der Waals surface area contributed by atoms with Gasteiger partial charge in [0.25, 0.3) is 0 Å². The van der Waals surface area contributed by atoms with Crippen LogP contribution >= 0.6 is 0 Å². The maximum Gasteiger partial charge on any atom is 0.245 e. The number of hydrogen-bond donors (Lipinski definition) is 32. The number of fused-ring (bicyclic) bond motifs is 1. The number of nitrogens with one attached hydrogen (secondary N) is 23. The molecule has 140 heavy (non-hydrogen) atoms. The quantitative estimate of drug-likeness (QED) is 0.0111. The van der Waals surface area contributed by atoms with Crippen molar-refractivity contribution in [1.82, 2.24) is 111 Å². The second kappa shape index (κ2) is 59.3. The number of nitrogens with two attached hydrogens (primary N) is 6. The highest BCUT2D eigenvalue weighted by Crippen LogP contribution is 2.22. The second-order valence-corrected chi connectivity index (χ2v) is 35.2. The van der Waals surface area contributed by atoms with Crippen LogP contribution in [0.25, 0.3) is 10.9 Å². The molecular formula is C89H142N30O21. The number of aromatic hydroxyl groups is 1. The standard InChI is InChI=1S/C89H142N30O21/c1-12-45(7)69(117-82(136)63(36-51-39-103-55-20-15-14-19-54(51)55)114-79(133)64(37-52-40-99-42-104-52)115-76(130)57(22-17-31-101-88(95)96)108-78(132)61(33-43(3)4)112-73(127)47(9)105-83(137)66(41-120)106-49(11)122)84(138)116-65(38-68(91)125)80(134)113-62(34-44(5)6)81(135)118-70(46(8)13-2)85(139)119-71(48(10)121)86(140)110-58(23-18-32-102-89(97)98)74(128)109-59(28-29-67(90)124)77(131)107-56(21-16-30-100-87(93)94)75(129)111-60(72(92)126)35-50-24-26-53(123)27-25-50/h14-15,19-20,24-27,39-40,42-48,56-66,69-71,103,120-121,123H,12-13,16-18,21-23,28-38,41H2,1-11H3,(H2,90,124)(H2,91,125)(H2,92,126)(H,99,104)(H,105,137)(H,106,122)(H,107,131)(H,108,132)(H,109,128)(H,110,140)(H,111,129)(H,112,127)(H,113,134)(H,114,133)(H,115,130)(H,116,138)(H,117,136)(H,118,135)(H,119,139)(H4,93,94,100)(H4,95,96,101)(H4,97,98,102)/t45-,46-,47-,48+,56-,57-,58-,59-,60-,61-,62-,63-,64-,65-,66-,69-,70-,71-/m0/s1. The topological polar surface area (TPSA) is 857 Å². The van der Waals surface area contributed by atoms with Crippen molar-refractivity contribution in [2.75, 3.05) is 26.2 Å². The van der Waals surface area contributed by atoms with Gasteiger partial charge in [-0.25, -0.2) is 4.98 Å². The summed E-state index contributed by atoms with van der Waals surface area (Å²) in [5.74, 6) is -21.8. The monoisotopic (exact) mass is 1970 g/mol. The average molecular weight is 1970 g/mol. The largest absolute Gasteiger partial charge is 0.508 e. The zero-order chi connectivity index (χ0) is 105. The summed E-state index contributed by atoms with van der Waals surface area (Å²) in [5.41, 5.74) is 35.4. The van der Waals surface area contributed by atoms with Crippen LogP contribution in [-0.2, 0) is 106 Å². The van der Waals surface area contributed by atoms with Gasteiger partial charge in [0.05, 0.1) is 25.5 Å². The first-order valence-electron chi connectivity index (χ1n) is 46.2. The van der Waals surface area contributed by atoms with E-state index < -0.39 is 265 Å². The number of aromatic nitrogens is 3. The Labute approximate surface area is 809 Å². The van der Waals surface area contributed by atoms with Gasteiger partial charge in [-0.05, 0) is 125 Å². The minimum absolute atomic E-state index is 0.00977. The van der Waals surface area contributed by atoms with Crippen LogP contribution in [0.15, 0.2) is 67.3 Å². The van der Waals surface area contributed by atoms with E-state index in [4.69, 9.17) is 50.6 Å². The van der Waals surface area contributed by atoms with Crippen LogP contribution in [0.3, 0.4) is 0 Å². The van der Waals surface area contributed by atoms with Crippen molar-refractivity contribution in [1.29, 1.82) is 16.2 Å². The molecule has 0 aliphatic heterocycles. The lowest BCUT2D eigenvalue weighted by atomic mass is 9.95. The van der Waals surface area contributed by atoms with E-state index in [0.29, 0.717) is 22.0 Å². The maximum atomic E-state index is 15.4. The summed E-state index contributed by atoms with van der Waals surface area (Å²) < 4.78 is 0. The molecule has 4 rings (SSSR count). The molecule has 0 saturated heterocycles. The molecule has 2 aromatic heterocycles. The van der Waals surface area contributed by atoms with Crippen LogP contribution in [0.1, 0.15) is 176 Å². The molecule has 38 N–H and O–H groups in total.